The van der Waals surface area contributed by atoms with Crippen molar-refractivity contribution in [3.8, 4) is 0 Å². The highest BCUT2D eigenvalue weighted by molar-refractivity contribution is 5.83. The molecule has 0 saturated heterocycles. The van der Waals surface area contributed by atoms with Gasteiger partial charge in [0, 0.05) is 0 Å². The van der Waals surface area contributed by atoms with Crippen LogP contribution in [0.1, 0.15) is 39.5 Å². The number of nitrogens with zero attached hydrogens (tertiary/aromatic N) is 1. The van der Waals surface area contributed by atoms with Gasteiger partial charge in [-0.1, -0.05) is 13.8 Å². The molecule has 104 valence electrons. The van der Waals surface area contributed by atoms with Crippen LogP contribution in [0.2, 0.25) is 0 Å². The van der Waals surface area contributed by atoms with Gasteiger partial charge < -0.3 is 11.1 Å². The minimum atomic E-state index is -0.718. The van der Waals surface area contributed by atoms with E-state index in [1.165, 1.54) is 0 Å². The largest absolute Gasteiger partial charge is 0.343 e. The highest BCUT2D eigenvalue weighted by Gasteiger charge is 2.44. The van der Waals surface area contributed by atoms with Crippen LogP contribution in [0, 0.1) is 10.8 Å². The summed E-state index contributed by atoms with van der Waals surface area (Å²) in [6, 6.07) is 0. The number of carbonyl (C=O) groups is 2. The molecule has 18 heavy (non-hydrogen) atoms. The van der Waals surface area contributed by atoms with Crippen LogP contribution >= 0.6 is 0 Å². The van der Waals surface area contributed by atoms with Crippen molar-refractivity contribution in [3.63, 3.8) is 0 Å². The number of nitrogens with two attached hydrogens (primary N) is 1. The fraction of sp³-hybridized carbons (Fsp3) is 0.833. The molecule has 1 fully saturated rings. The van der Waals surface area contributed by atoms with E-state index in [0.29, 0.717) is 24.3 Å². The Morgan fingerprint density at radius 1 is 1.39 bits per heavy atom. The van der Waals surface area contributed by atoms with Gasteiger partial charge in [-0.25, -0.2) is 5.06 Å². The Morgan fingerprint density at radius 3 is 2.39 bits per heavy atom. The van der Waals surface area contributed by atoms with Crippen LogP contribution in [0.5, 0.6) is 0 Å². The first-order chi connectivity index (χ1) is 8.35. The minimum absolute atomic E-state index is 0.0262. The molecule has 0 aromatic heterocycles. The number of amides is 2. The first-order valence-corrected chi connectivity index (χ1v) is 6.24. The van der Waals surface area contributed by atoms with Gasteiger partial charge in [0.05, 0.1) is 18.6 Å². The Balaban J connectivity index is 2.82. The lowest BCUT2D eigenvalue weighted by molar-refractivity contribution is -0.164. The summed E-state index contributed by atoms with van der Waals surface area (Å²) in [5.41, 5.74) is 4.82. The van der Waals surface area contributed by atoms with Crippen LogP contribution < -0.4 is 11.1 Å². The van der Waals surface area contributed by atoms with Crippen molar-refractivity contribution in [2.24, 2.45) is 16.6 Å². The average molecular weight is 257 g/mol. The van der Waals surface area contributed by atoms with E-state index in [2.05, 4.69) is 19.2 Å². The Labute approximate surface area is 107 Å². The van der Waals surface area contributed by atoms with Crippen molar-refractivity contribution >= 4 is 12.3 Å². The molecule has 2 amide bonds. The number of rotatable bonds is 5. The van der Waals surface area contributed by atoms with E-state index in [9.17, 15) is 14.8 Å². The lowest BCUT2D eigenvalue weighted by Crippen LogP contribution is -2.51. The molecule has 0 radical (unpaired) electrons. The Hall–Kier alpha value is -1.14. The minimum Gasteiger partial charge on any atom is -0.343 e. The van der Waals surface area contributed by atoms with Gasteiger partial charge in [-0.05, 0) is 31.1 Å². The number of hydroxylamine groups is 2. The average Bonchev–Trinajstić information content (AvgIpc) is 2.32. The molecule has 0 heterocycles. The predicted octanol–water partition coefficient (Wildman–Crippen LogP) is 0.453. The molecule has 0 unspecified atom stereocenters. The third-order valence-electron chi connectivity index (χ3n) is 3.89. The second-order valence-corrected chi connectivity index (χ2v) is 5.86. The molecule has 1 aliphatic carbocycles. The first-order valence-electron chi connectivity index (χ1n) is 6.24. The van der Waals surface area contributed by atoms with Crippen molar-refractivity contribution in [3.05, 3.63) is 0 Å². The maximum absolute atomic E-state index is 12.1. The molecule has 1 rings (SSSR count). The lowest BCUT2D eigenvalue weighted by Gasteiger charge is -2.43. The van der Waals surface area contributed by atoms with Crippen molar-refractivity contribution in [2.75, 3.05) is 13.2 Å². The smallest absolute Gasteiger partial charge is 0.233 e. The fourth-order valence-electron chi connectivity index (χ4n) is 2.49. The Bertz CT molecular complexity index is 308. The lowest BCUT2D eigenvalue weighted by atomic mass is 9.64. The summed E-state index contributed by atoms with van der Waals surface area (Å²) in [5.74, 6) is -0.179. The maximum atomic E-state index is 12.1. The molecular formula is C12H23N3O3. The van der Waals surface area contributed by atoms with E-state index in [1.807, 2.05) is 0 Å². The van der Waals surface area contributed by atoms with Gasteiger partial charge in [-0.2, -0.15) is 0 Å². The van der Waals surface area contributed by atoms with Crippen molar-refractivity contribution in [2.45, 2.75) is 39.5 Å². The van der Waals surface area contributed by atoms with Crippen LogP contribution in [-0.4, -0.2) is 35.8 Å². The highest BCUT2D eigenvalue weighted by Crippen LogP contribution is 2.45. The van der Waals surface area contributed by atoms with E-state index in [0.717, 1.165) is 12.8 Å². The van der Waals surface area contributed by atoms with E-state index in [4.69, 9.17) is 5.73 Å². The molecule has 0 spiro atoms. The monoisotopic (exact) mass is 257 g/mol. The molecule has 0 aromatic rings. The third kappa shape index (κ3) is 3.43. The van der Waals surface area contributed by atoms with Crippen LogP contribution in [0.4, 0.5) is 0 Å². The molecule has 0 bridgehead atoms. The zero-order valence-electron chi connectivity index (χ0n) is 11.1. The molecule has 0 aliphatic heterocycles. The summed E-state index contributed by atoms with van der Waals surface area (Å²) in [6.07, 6.45) is 3.40. The van der Waals surface area contributed by atoms with Crippen LogP contribution in [0.3, 0.4) is 0 Å². The van der Waals surface area contributed by atoms with Gasteiger partial charge >= 0.3 is 0 Å². The van der Waals surface area contributed by atoms with Gasteiger partial charge in [-0.15, -0.1) is 0 Å². The Morgan fingerprint density at radius 2 is 1.94 bits per heavy atom. The highest BCUT2D eigenvalue weighted by atomic mass is 16.5. The van der Waals surface area contributed by atoms with Gasteiger partial charge in [0.15, 0.2) is 0 Å². The first kappa shape index (κ1) is 14.9. The maximum Gasteiger partial charge on any atom is 0.233 e. The second kappa shape index (κ2) is 5.67. The quantitative estimate of drug-likeness (QED) is 0.288. The molecule has 0 atom stereocenters. The van der Waals surface area contributed by atoms with Crippen LogP contribution in [-0.2, 0) is 9.59 Å². The van der Waals surface area contributed by atoms with E-state index in [-0.39, 0.29) is 24.5 Å². The second-order valence-electron chi connectivity index (χ2n) is 5.86. The van der Waals surface area contributed by atoms with Gasteiger partial charge in [0.2, 0.25) is 12.3 Å². The van der Waals surface area contributed by atoms with Crippen molar-refractivity contribution in [1.82, 2.24) is 10.4 Å². The standard InChI is InChI=1S/C12H23N3O3/c1-11(2)3-5-12(6-4-11,7-15(18)9-16)10(17)14-8-13/h9,18H,3-8,13H2,1-2H3,(H,14,17). The summed E-state index contributed by atoms with van der Waals surface area (Å²) in [4.78, 5) is 22.7. The summed E-state index contributed by atoms with van der Waals surface area (Å²) < 4.78 is 0. The molecule has 1 aliphatic rings. The summed E-state index contributed by atoms with van der Waals surface area (Å²) in [7, 11) is 0. The summed E-state index contributed by atoms with van der Waals surface area (Å²) in [6.45, 7) is 4.41. The van der Waals surface area contributed by atoms with Crippen LogP contribution in [0.25, 0.3) is 0 Å². The predicted molar refractivity (Wildman–Crippen MR) is 66.4 cm³/mol. The summed E-state index contributed by atoms with van der Waals surface area (Å²) in [5, 5.41) is 12.5. The van der Waals surface area contributed by atoms with Gasteiger partial charge in [0.25, 0.3) is 0 Å². The SMILES string of the molecule is CC1(C)CCC(CN(O)C=O)(C(=O)NCN)CC1. The normalized spacial score (nSPS) is 21.1. The van der Waals surface area contributed by atoms with E-state index in [1.54, 1.807) is 0 Å². The zero-order chi connectivity index (χ0) is 13.8. The van der Waals surface area contributed by atoms with Gasteiger partial charge in [-0.3, -0.25) is 14.8 Å². The number of hydrogen-bond donors (Lipinski definition) is 3. The van der Waals surface area contributed by atoms with E-state index < -0.39 is 5.41 Å². The number of nitrogens with one attached hydrogen (secondary N) is 1. The molecule has 0 aromatic carbocycles. The molecular weight excluding hydrogens is 234 g/mol. The van der Waals surface area contributed by atoms with Crippen molar-refractivity contribution < 1.29 is 14.8 Å². The third-order valence-corrected chi connectivity index (χ3v) is 3.89. The zero-order valence-corrected chi connectivity index (χ0v) is 11.1. The molecule has 6 heteroatoms. The number of hydrogen-bond acceptors (Lipinski definition) is 4. The Kier molecular flexibility index (Phi) is 4.70. The summed E-state index contributed by atoms with van der Waals surface area (Å²) >= 11 is 0. The van der Waals surface area contributed by atoms with Gasteiger partial charge in [0.1, 0.15) is 0 Å². The molecule has 4 N–H and O–H groups in total. The molecule has 6 nitrogen and oxygen atoms in total. The van der Waals surface area contributed by atoms with E-state index >= 15 is 0 Å². The van der Waals surface area contributed by atoms with Crippen LogP contribution in [0.15, 0.2) is 0 Å². The topological polar surface area (TPSA) is 95.7 Å². The van der Waals surface area contributed by atoms with Crippen molar-refractivity contribution in [1.29, 1.82) is 0 Å². The molecule has 1 saturated carbocycles. The fourth-order valence-corrected chi connectivity index (χ4v) is 2.49. The number of carbonyl (C=O) groups excluding carboxylic acids is 2.